The minimum atomic E-state index is -0.0143. The monoisotopic (exact) mass is 260 g/mol. The normalized spacial score (nSPS) is 19.6. The van der Waals surface area contributed by atoms with E-state index in [0.717, 1.165) is 35.5 Å². The summed E-state index contributed by atoms with van der Waals surface area (Å²) in [4.78, 5) is 16.3. The van der Waals surface area contributed by atoms with Crippen LogP contribution < -0.4 is 0 Å². The lowest BCUT2D eigenvalue weighted by Gasteiger charge is -2.20. The number of pyridine rings is 1. The number of aromatic nitrogens is 1. The Kier molecular flexibility index (Phi) is 4.03. The van der Waals surface area contributed by atoms with Crippen molar-refractivity contribution in [1.29, 1.82) is 5.26 Å². The topological polar surface area (TPSA) is 53.8 Å². The number of hydrogen-bond donors (Lipinski definition) is 0. The molecule has 1 atom stereocenters. The molecule has 0 amide bonds. The van der Waals surface area contributed by atoms with E-state index in [0.29, 0.717) is 17.8 Å². The van der Waals surface area contributed by atoms with Gasteiger partial charge in [0.15, 0.2) is 0 Å². The Labute approximate surface area is 112 Å². The Morgan fingerprint density at radius 2 is 2.22 bits per heavy atom. The summed E-state index contributed by atoms with van der Waals surface area (Å²) in [6, 6.07) is 4.11. The second kappa shape index (κ2) is 5.53. The average Bonchev–Trinajstić information content (AvgIpc) is 2.31. The molecule has 1 unspecified atom stereocenters. The summed E-state index contributed by atoms with van der Waals surface area (Å²) in [6.45, 7) is 3.83. The molecular weight excluding hydrogens is 244 g/mol. The number of rotatable bonds is 2. The number of ketones is 1. The van der Waals surface area contributed by atoms with Crippen LogP contribution in [0.4, 0.5) is 0 Å². The van der Waals surface area contributed by atoms with Gasteiger partial charge in [0, 0.05) is 12.1 Å². The third kappa shape index (κ3) is 2.73. The Balaban J connectivity index is 2.28. The summed E-state index contributed by atoms with van der Waals surface area (Å²) in [5, 5.41) is 9.90. The maximum Gasteiger partial charge on any atom is 0.146 e. The molecule has 0 radical (unpaired) electrons. The molecule has 1 saturated carbocycles. The first-order chi connectivity index (χ1) is 8.61. The number of thioether (sulfide) groups is 1. The largest absolute Gasteiger partial charge is 0.298 e. The number of nitriles is 1. The Morgan fingerprint density at radius 1 is 1.44 bits per heavy atom. The Bertz CT molecular complexity index is 519. The van der Waals surface area contributed by atoms with Crippen molar-refractivity contribution in [2.24, 2.45) is 0 Å². The van der Waals surface area contributed by atoms with Gasteiger partial charge in [0.05, 0.1) is 10.8 Å². The third-order valence-electron chi connectivity index (χ3n) is 3.18. The van der Waals surface area contributed by atoms with E-state index in [-0.39, 0.29) is 5.25 Å². The van der Waals surface area contributed by atoms with E-state index < -0.39 is 0 Å². The lowest BCUT2D eigenvalue weighted by Crippen LogP contribution is -2.21. The van der Waals surface area contributed by atoms with Crippen LogP contribution in [0.1, 0.15) is 42.5 Å². The summed E-state index contributed by atoms with van der Waals surface area (Å²) in [5.74, 6) is 0.302. The fourth-order valence-corrected chi connectivity index (χ4v) is 3.56. The summed E-state index contributed by atoms with van der Waals surface area (Å²) >= 11 is 1.47. The number of hydrogen-bond acceptors (Lipinski definition) is 4. The highest BCUT2D eigenvalue weighted by Gasteiger charge is 2.25. The molecular formula is C14H16N2OS. The quantitative estimate of drug-likeness (QED) is 0.819. The molecule has 1 heterocycles. The van der Waals surface area contributed by atoms with Gasteiger partial charge in [0.1, 0.15) is 16.9 Å². The first kappa shape index (κ1) is 13.1. The van der Waals surface area contributed by atoms with E-state index in [2.05, 4.69) is 11.1 Å². The SMILES string of the molecule is Cc1cc(C)c(C#N)c(SC2CCCCC2=O)n1. The van der Waals surface area contributed by atoms with E-state index in [1.165, 1.54) is 11.8 Å². The first-order valence-electron chi connectivity index (χ1n) is 6.19. The van der Waals surface area contributed by atoms with E-state index in [4.69, 9.17) is 0 Å². The van der Waals surface area contributed by atoms with Gasteiger partial charge in [-0.3, -0.25) is 4.79 Å². The van der Waals surface area contributed by atoms with Crippen LogP contribution in [0.3, 0.4) is 0 Å². The Morgan fingerprint density at radius 3 is 2.89 bits per heavy atom. The molecule has 1 aliphatic carbocycles. The lowest BCUT2D eigenvalue weighted by atomic mass is 9.99. The molecule has 1 aromatic heterocycles. The van der Waals surface area contributed by atoms with E-state index in [1.54, 1.807) is 0 Å². The van der Waals surface area contributed by atoms with E-state index in [9.17, 15) is 10.1 Å². The van der Waals surface area contributed by atoms with Crippen molar-refractivity contribution < 1.29 is 4.79 Å². The van der Waals surface area contributed by atoms with Crippen LogP contribution in [0.25, 0.3) is 0 Å². The molecule has 3 nitrogen and oxygen atoms in total. The van der Waals surface area contributed by atoms with Gasteiger partial charge in [-0.1, -0.05) is 18.2 Å². The summed E-state index contributed by atoms with van der Waals surface area (Å²) < 4.78 is 0. The highest BCUT2D eigenvalue weighted by atomic mass is 32.2. The van der Waals surface area contributed by atoms with Crippen LogP contribution in [0.2, 0.25) is 0 Å². The van der Waals surface area contributed by atoms with Crippen molar-refractivity contribution in [3.05, 3.63) is 22.9 Å². The Hall–Kier alpha value is -1.34. The summed E-state index contributed by atoms with van der Waals surface area (Å²) in [6.07, 6.45) is 3.67. The van der Waals surface area contributed by atoms with Crippen molar-refractivity contribution >= 4 is 17.5 Å². The van der Waals surface area contributed by atoms with Gasteiger partial charge < -0.3 is 0 Å². The van der Waals surface area contributed by atoms with Crippen molar-refractivity contribution in [2.45, 2.75) is 49.8 Å². The molecule has 0 saturated heterocycles. The van der Waals surface area contributed by atoms with Gasteiger partial charge in [-0.25, -0.2) is 4.98 Å². The molecule has 0 bridgehead atoms. The van der Waals surface area contributed by atoms with Crippen LogP contribution in [-0.2, 0) is 4.79 Å². The zero-order valence-corrected chi connectivity index (χ0v) is 11.5. The van der Waals surface area contributed by atoms with Gasteiger partial charge in [0.25, 0.3) is 0 Å². The third-order valence-corrected chi connectivity index (χ3v) is 4.48. The molecule has 18 heavy (non-hydrogen) atoms. The smallest absolute Gasteiger partial charge is 0.146 e. The van der Waals surface area contributed by atoms with Gasteiger partial charge in [-0.15, -0.1) is 0 Å². The second-order valence-electron chi connectivity index (χ2n) is 4.69. The zero-order chi connectivity index (χ0) is 13.1. The number of aryl methyl sites for hydroxylation is 2. The maximum atomic E-state index is 11.8. The number of carbonyl (C=O) groups excluding carboxylic acids is 1. The van der Waals surface area contributed by atoms with Crippen LogP contribution in [0.5, 0.6) is 0 Å². The minimum absolute atomic E-state index is 0.0143. The van der Waals surface area contributed by atoms with E-state index in [1.807, 2.05) is 19.9 Å². The predicted molar refractivity (Wildman–Crippen MR) is 71.5 cm³/mol. The fourth-order valence-electron chi connectivity index (χ4n) is 2.23. The van der Waals surface area contributed by atoms with Gasteiger partial charge in [-0.05, 0) is 38.3 Å². The van der Waals surface area contributed by atoms with Crippen molar-refractivity contribution in [1.82, 2.24) is 4.98 Å². The van der Waals surface area contributed by atoms with E-state index >= 15 is 0 Å². The summed E-state index contributed by atoms with van der Waals surface area (Å²) in [5.41, 5.74) is 2.46. The molecule has 1 aromatic rings. The fraction of sp³-hybridized carbons (Fsp3) is 0.500. The number of carbonyl (C=O) groups is 1. The molecule has 0 N–H and O–H groups in total. The van der Waals surface area contributed by atoms with Crippen molar-refractivity contribution in [3.63, 3.8) is 0 Å². The standard InChI is InChI=1S/C14H16N2OS/c1-9-7-10(2)16-14(11(9)8-15)18-13-6-4-3-5-12(13)17/h7,13H,3-6H2,1-2H3. The molecule has 0 aliphatic heterocycles. The molecule has 4 heteroatoms. The van der Waals surface area contributed by atoms with Gasteiger partial charge in [-0.2, -0.15) is 5.26 Å². The molecule has 0 aromatic carbocycles. The average molecular weight is 260 g/mol. The highest BCUT2D eigenvalue weighted by molar-refractivity contribution is 8.00. The van der Waals surface area contributed by atoms with Crippen LogP contribution in [0, 0.1) is 25.2 Å². The second-order valence-corrected chi connectivity index (χ2v) is 5.88. The highest BCUT2D eigenvalue weighted by Crippen LogP contribution is 2.33. The first-order valence-corrected chi connectivity index (χ1v) is 7.07. The van der Waals surface area contributed by atoms with Crippen LogP contribution >= 0.6 is 11.8 Å². The van der Waals surface area contributed by atoms with Crippen molar-refractivity contribution in [3.8, 4) is 6.07 Å². The molecule has 1 aliphatic rings. The maximum absolute atomic E-state index is 11.8. The summed E-state index contributed by atoms with van der Waals surface area (Å²) in [7, 11) is 0. The zero-order valence-electron chi connectivity index (χ0n) is 10.7. The number of nitrogens with zero attached hydrogens (tertiary/aromatic N) is 2. The minimum Gasteiger partial charge on any atom is -0.298 e. The molecule has 0 spiro atoms. The molecule has 2 rings (SSSR count). The lowest BCUT2D eigenvalue weighted by molar-refractivity contribution is -0.119. The predicted octanol–water partition coefficient (Wildman–Crippen LogP) is 3.17. The van der Waals surface area contributed by atoms with Crippen molar-refractivity contribution in [2.75, 3.05) is 0 Å². The van der Waals surface area contributed by atoms with Gasteiger partial charge in [0.2, 0.25) is 0 Å². The van der Waals surface area contributed by atoms with Crippen LogP contribution in [-0.4, -0.2) is 16.0 Å². The molecule has 1 fully saturated rings. The van der Waals surface area contributed by atoms with Crippen LogP contribution in [0.15, 0.2) is 11.1 Å². The van der Waals surface area contributed by atoms with Gasteiger partial charge >= 0.3 is 0 Å². The molecule has 94 valence electrons. The number of Topliss-reactive ketones (excluding diaryl/α,β-unsaturated/α-hetero) is 1.